The Balaban J connectivity index is 2.14. The van der Waals surface area contributed by atoms with Crippen molar-refractivity contribution in [2.45, 2.75) is 0 Å². The number of aromatic nitrogens is 2. The van der Waals surface area contributed by atoms with Gasteiger partial charge < -0.3 is 10.6 Å². The monoisotopic (exact) mass is 234 g/mol. The summed E-state index contributed by atoms with van der Waals surface area (Å²) in [5, 5.41) is 8.95. The molecule has 0 aliphatic heterocycles. The number of nitrogens with one attached hydrogen (secondary N) is 2. The lowest BCUT2D eigenvalue weighted by molar-refractivity contribution is 0.254. The Kier molecular flexibility index (Phi) is 3.11. The summed E-state index contributed by atoms with van der Waals surface area (Å²) in [5.74, 6) is 0. The second-order valence-electron chi connectivity index (χ2n) is 3.06. The minimum Gasteiger partial charge on any atom is -0.341 e. The highest BCUT2D eigenvalue weighted by Crippen LogP contribution is 2.22. The Morgan fingerprint density at radius 3 is 2.62 bits per heavy atom. The van der Waals surface area contributed by atoms with Gasteiger partial charge >= 0.3 is 6.03 Å². The lowest BCUT2D eigenvalue weighted by Crippen LogP contribution is -2.24. The molecule has 0 radical (unpaired) electrons. The molecule has 0 aliphatic rings. The summed E-state index contributed by atoms with van der Waals surface area (Å²) in [6.07, 6.45) is 1.71. The summed E-state index contributed by atoms with van der Waals surface area (Å²) in [6.45, 7) is 0. The average Bonchev–Trinajstić information content (AvgIpc) is 2.83. The minimum absolute atomic E-state index is 0.229. The van der Waals surface area contributed by atoms with E-state index in [-0.39, 0.29) is 6.03 Å². The van der Waals surface area contributed by atoms with E-state index in [9.17, 15) is 4.79 Å². The highest BCUT2D eigenvalue weighted by atomic mass is 32.1. The second-order valence-corrected chi connectivity index (χ2v) is 3.85. The maximum atomic E-state index is 11.1. The number of hydrogen-bond acceptors (Lipinski definition) is 4. The first kappa shape index (κ1) is 10.6. The number of rotatable bonds is 2. The number of amides is 2. The number of carbonyl (C=O) groups excluding carboxylic acids is 1. The molecule has 0 unspecified atom stereocenters. The number of hydrogen-bond donors (Lipinski definition) is 2. The molecule has 0 atom stereocenters. The molecular formula is C10H10N4OS. The summed E-state index contributed by atoms with van der Waals surface area (Å²) in [4.78, 5) is 12.1. The van der Waals surface area contributed by atoms with Gasteiger partial charge in [0.15, 0.2) is 0 Å². The highest BCUT2D eigenvalue weighted by Gasteiger charge is 2.01. The molecule has 1 heterocycles. The average molecular weight is 234 g/mol. The topological polar surface area (TPSA) is 66.9 Å². The van der Waals surface area contributed by atoms with Gasteiger partial charge in [-0.25, -0.2) is 4.79 Å². The van der Waals surface area contributed by atoms with Crippen molar-refractivity contribution in [3.05, 3.63) is 30.5 Å². The van der Waals surface area contributed by atoms with Crippen molar-refractivity contribution in [1.82, 2.24) is 14.9 Å². The molecule has 2 aromatic rings. The van der Waals surface area contributed by atoms with Crippen molar-refractivity contribution < 1.29 is 4.79 Å². The number of carbonyl (C=O) groups is 1. The van der Waals surface area contributed by atoms with E-state index in [2.05, 4.69) is 20.2 Å². The zero-order valence-electron chi connectivity index (χ0n) is 8.60. The van der Waals surface area contributed by atoms with E-state index < -0.39 is 0 Å². The Morgan fingerprint density at radius 1 is 1.31 bits per heavy atom. The van der Waals surface area contributed by atoms with Crippen LogP contribution in [0.3, 0.4) is 0 Å². The van der Waals surface area contributed by atoms with E-state index in [1.165, 1.54) is 11.5 Å². The molecule has 16 heavy (non-hydrogen) atoms. The minimum atomic E-state index is -0.229. The molecule has 5 nitrogen and oxygen atoms in total. The van der Waals surface area contributed by atoms with Gasteiger partial charge in [-0.2, -0.15) is 0 Å². The first-order chi connectivity index (χ1) is 7.79. The van der Waals surface area contributed by atoms with Gasteiger partial charge in [0.25, 0.3) is 0 Å². The van der Waals surface area contributed by atoms with Crippen molar-refractivity contribution in [2.24, 2.45) is 0 Å². The lowest BCUT2D eigenvalue weighted by Gasteiger charge is -2.04. The first-order valence-corrected chi connectivity index (χ1v) is 5.43. The molecule has 0 fully saturated rings. The normalized spacial score (nSPS) is 9.81. The van der Waals surface area contributed by atoms with Gasteiger partial charge in [0.1, 0.15) is 0 Å². The van der Waals surface area contributed by atoms with Gasteiger partial charge in [-0.15, -0.1) is 5.10 Å². The second kappa shape index (κ2) is 4.71. The Morgan fingerprint density at radius 2 is 2.06 bits per heavy atom. The fraction of sp³-hybridized carbons (Fsp3) is 0.100. The fourth-order valence-corrected chi connectivity index (χ4v) is 1.72. The molecule has 6 heteroatoms. The van der Waals surface area contributed by atoms with Crippen LogP contribution in [0.2, 0.25) is 0 Å². The van der Waals surface area contributed by atoms with Crippen molar-refractivity contribution in [3.8, 4) is 10.4 Å². The van der Waals surface area contributed by atoms with E-state index in [1.807, 2.05) is 24.3 Å². The van der Waals surface area contributed by atoms with Crippen LogP contribution in [-0.2, 0) is 0 Å². The van der Waals surface area contributed by atoms with Crippen LogP contribution in [0.1, 0.15) is 0 Å². The maximum absolute atomic E-state index is 11.1. The summed E-state index contributed by atoms with van der Waals surface area (Å²) in [7, 11) is 1.58. The molecule has 2 rings (SSSR count). The molecule has 1 aromatic carbocycles. The molecule has 0 spiro atoms. The first-order valence-electron chi connectivity index (χ1n) is 4.66. The van der Waals surface area contributed by atoms with Crippen LogP contribution in [0.4, 0.5) is 10.5 Å². The zero-order valence-corrected chi connectivity index (χ0v) is 9.41. The summed E-state index contributed by atoms with van der Waals surface area (Å²) < 4.78 is 3.79. The van der Waals surface area contributed by atoms with Crippen LogP contribution in [0, 0.1) is 0 Å². The van der Waals surface area contributed by atoms with E-state index in [0.717, 1.165) is 16.1 Å². The van der Waals surface area contributed by atoms with Crippen molar-refractivity contribution in [3.63, 3.8) is 0 Å². The van der Waals surface area contributed by atoms with E-state index in [4.69, 9.17) is 0 Å². The SMILES string of the molecule is CNC(=O)Nc1ccc(-c2cnns2)cc1. The third-order valence-corrected chi connectivity index (χ3v) is 2.73. The van der Waals surface area contributed by atoms with Crippen molar-refractivity contribution >= 4 is 23.3 Å². The molecule has 2 N–H and O–H groups in total. The Hall–Kier alpha value is -1.95. The van der Waals surface area contributed by atoms with Gasteiger partial charge in [0, 0.05) is 12.7 Å². The maximum Gasteiger partial charge on any atom is 0.318 e. The van der Waals surface area contributed by atoms with Crippen LogP contribution < -0.4 is 10.6 Å². The van der Waals surface area contributed by atoms with Crippen LogP contribution in [-0.4, -0.2) is 22.7 Å². The van der Waals surface area contributed by atoms with Crippen LogP contribution in [0.25, 0.3) is 10.4 Å². The van der Waals surface area contributed by atoms with Crippen molar-refractivity contribution in [2.75, 3.05) is 12.4 Å². The summed E-state index contributed by atoms with van der Waals surface area (Å²) in [6, 6.07) is 7.28. The quantitative estimate of drug-likeness (QED) is 0.834. The highest BCUT2D eigenvalue weighted by molar-refractivity contribution is 7.09. The van der Waals surface area contributed by atoms with E-state index >= 15 is 0 Å². The standard InChI is InChI=1S/C10H10N4OS/c1-11-10(15)13-8-4-2-7(3-5-8)9-6-12-14-16-9/h2-6H,1H3,(H2,11,13,15). The molecule has 0 bridgehead atoms. The smallest absolute Gasteiger partial charge is 0.318 e. The molecule has 0 saturated heterocycles. The largest absolute Gasteiger partial charge is 0.341 e. The molecular weight excluding hydrogens is 224 g/mol. The fourth-order valence-electron chi connectivity index (χ4n) is 1.21. The lowest BCUT2D eigenvalue weighted by atomic mass is 10.2. The molecule has 0 aliphatic carbocycles. The molecule has 1 aromatic heterocycles. The van der Waals surface area contributed by atoms with Gasteiger partial charge in [0.05, 0.1) is 11.1 Å². The number of benzene rings is 1. The molecule has 0 saturated carbocycles. The molecule has 2 amide bonds. The Labute approximate surface area is 96.7 Å². The zero-order chi connectivity index (χ0) is 11.4. The van der Waals surface area contributed by atoms with Gasteiger partial charge in [-0.3, -0.25) is 0 Å². The summed E-state index contributed by atoms with van der Waals surface area (Å²) >= 11 is 1.34. The van der Waals surface area contributed by atoms with Crippen LogP contribution in [0.5, 0.6) is 0 Å². The summed E-state index contributed by atoms with van der Waals surface area (Å²) in [5.41, 5.74) is 1.79. The third-order valence-electron chi connectivity index (χ3n) is 2.02. The number of nitrogens with zero attached hydrogens (tertiary/aromatic N) is 2. The molecule has 82 valence electrons. The van der Waals surface area contributed by atoms with E-state index in [0.29, 0.717) is 0 Å². The van der Waals surface area contributed by atoms with Crippen LogP contribution in [0.15, 0.2) is 30.5 Å². The Bertz CT molecular complexity index is 466. The number of urea groups is 1. The third kappa shape index (κ3) is 2.34. The van der Waals surface area contributed by atoms with E-state index in [1.54, 1.807) is 13.2 Å². The predicted octanol–water partition coefficient (Wildman–Crippen LogP) is 1.96. The van der Waals surface area contributed by atoms with Crippen LogP contribution >= 0.6 is 11.5 Å². The van der Waals surface area contributed by atoms with Gasteiger partial charge in [-0.05, 0) is 29.2 Å². The predicted molar refractivity (Wildman–Crippen MR) is 63.4 cm³/mol. The van der Waals surface area contributed by atoms with Gasteiger partial charge in [0.2, 0.25) is 0 Å². The number of anilines is 1. The van der Waals surface area contributed by atoms with Gasteiger partial charge in [-0.1, -0.05) is 16.6 Å². The van der Waals surface area contributed by atoms with Crippen molar-refractivity contribution in [1.29, 1.82) is 0 Å².